The molecule has 2 N–H and O–H groups in total. The molecule has 1 amide bonds. The highest BCUT2D eigenvalue weighted by Crippen LogP contribution is 2.34. The molecule has 0 atom stereocenters. The number of halogens is 3. The molecule has 0 unspecified atom stereocenters. The van der Waals surface area contributed by atoms with E-state index >= 15 is 0 Å². The molecule has 0 aromatic heterocycles. The van der Waals surface area contributed by atoms with Crippen LogP contribution in [0.25, 0.3) is 0 Å². The topological polar surface area (TPSA) is 74.1 Å². The van der Waals surface area contributed by atoms with Gasteiger partial charge in [0.2, 0.25) is 0 Å². The van der Waals surface area contributed by atoms with Crippen molar-refractivity contribution in [2.75, 3.05) is 25.6 Å². The van der Waals surface area contributed by atoms with Gasteiger partial charge in [0.25, 0.3) is 5.91 Å². The zero-order valence-electron chi connectivity index (χ0n) is 12.4. The number of benzene rings is 1. The van der Waals surface area contributed by atoms with E-state index in [0.717, 1.165) is 12.3 Å². The second-order valence-electron chi connectivity index (χ2n) is 4.46. The standard InChI is InChI=1S/C15H16F3N3O2/c1-23-8-4-7-20-14(22)11(9-19)10-21-13-6-3-2-5-12(13)15(16,17)18/h2-3,5-6,10,21H,4,7-8H2,1H3,(H,20,22)/b11-10-. The number of nitrogens with zero attached hydrogens (tertiary/aromatic N) is 1. The molecule has 8 heteroatoms. The summed E-state index contributed by atoms with van der Waals surface area (Å²) in [6.45, 7) is 0.744. The van der Waals surface area contributed by atoms with Crippen molar-refractivity contribution in [2.24, 2.45) is 0 Å². The van der Waals surface area contributed by atoms with Crippen LogP contribution in [-0.4, -0.2) is 26.2 Å². The third kappa shape index (κ3) is 6.00. The van der Waals surface area contributed by atoms with E-state index in [-0.39, 0.29) is 11.3 Å². The Balaban J connectivity index is 2.78. The Morgan fingerprint density at radius 1 is 1.39 bits per heavy atom. The largest absolute Gasteiger partial charge is 0.418 e. The fourth-order valence-corrected chi connectivity index (χ4v) is 1.67. The molecule has 1 rings (SSSR count). The number of hydrogen-bond acceptors (Lipinski definition) is 4. The fraction of sp³-hybridized carbons (Fsp3) is 0.333. The van der Waals surface area contributed by atoms with Crippen LogP contribution in [0.15, 0.2) is 36.0 Å². The molecule has 0 aliphatic rings. The Bertz CT molecular complexity index is 607. The molecule has 5 nitrogen and oxygen atoms in total. The van der Waals surface area contributed by atoms with Gasteiger partial charge in [-0.2, -0.15) is 18.4 Å². The lowest BCUT2D eigenvalue weighted by Gasteiger charge is -2.12. The number of anilines is 1. The minimum atomic E-state index is -4.54. The van der Waals surface area contributed by atoms with Crippen molar-refractivity contribution < 1.29 is 22.7 Å². The van der Waals surface area contributed by atoms with Crippen LogP contribution in [0.5, 0.6) is 0 Å². The minimum Gasteiger partial charge on any atom is -0.385 e. The van der Waals surface area contributed by atoms with Gasteiger partial charge in [-0.3, -0.25) is 4.79 Å². The van der Waals surface area contributed by atoms with Crippen molar-refractivity contribution in [2.45, 2.75) is 12.6 Å². The maximum atomic E-state index is 12.8. The van der Waals surface area contributed by atoms with E-state index in [1.54, 1.807) is 6.07 Å². The Labute approximate surface area is 131 Å². The molecule has 0 saturated heterocycles. The smallest absolute Gasteiger partial charge is 0.385 e. The molecule has 0 aliphatic heterocycles. The van der Waals surface area contributed by atoms with Gasteiger partial charge >= 0.3 is 6.18 Å². The number of para-hydroxylation sites is 1. The van der Waals surface area contributed by atoms with E-state index in [2.05, 4.69) is 10.6 Å². The summed E-state index contributed by atoms with van der Waals surface area (Å²) in [7, 11) is 1.52. The molecule has 0 heterocycles. The zero-order chi connectivity index (χ0) is 17.3. The molecule has 0 radical (unpaired) electrons. The molecular formula is C15H16F3N3O2. The van der Waals surface area contributed by atoms with Crippen LogP contribution in [0.4, 0.5) is 18.9 Å². The monoisotopic (exact) mass is 327 g/mol. The first-order valence-electron chi connectivity index (χ1n) is 6.70. The van der Waals surface area contributed by atoms with E-state index in [0.29, 0.717) is 19.6 Å². The second kappa shape index (κ2) is 8.80. The van der Waals surface area contributed by atoms with E-state index in [1.807, 2.05) is 0 Å². The Hall–Kier alpha value is -2.53. The number of hydrogen-bond donors (Lipinski definition) is 2. The zero-order valence-corrected chi connectivity index (χ0v) is 12.4. The highest BCUT2D eigenvalue weighted by Gasteiger charge is 2.33. The number of nitriles is 1. The molecule has 0 saturated carbocycles. The van der Waals surface area contributed by atoms with Crippen LogP contribution >= 0.6 is 0 Å². The van der Waals surface area contributed by atoms with Crippen molar-refractivity contribution >= 4 is 11.6 Å². The number of carbonyl (C=O) groups is 1. The normalized spacial score (nSPS) is 11.7. The summed E-state index contributed by atoms with van der Waals surface area (Å²) >= 11 is 0. The quantitative estimate of drug-likeness (QED) is 0.459. The summed E-state index contributed by atoms with van der Waals surface area (Å²) in [6, 6.07) is 6.44. The predicted molar refractivity (Wildman–Crippen MR) is 78.3 cm³/mol. The van der Waals surface area contributed by atoms with Gasteiger partial charge in [-0.25, -0.2) is 0 Å². The van der Waals surface area contributed by atoms with E-state index in [9.17, 15) is 18.0 Å². The van der Waals surface area contributed by atoms with Crippen LogP contribution in [0.2, 0.25) is 0 Å². The number of alkyl halides is 3. The molecule has 0 spiro atoms. The lowest BCUT2D eigenvalue weighted by molar-refractivity contribution is -0.136. The van der Waals surface area contributed by atoms with Crippen molar-refractivity contribution in [1.29, 1.82) is 5.26 Å². The van der Waals surface area contributed by atoms with Gasteiger partial charge < -0.3 is 15.4 Å². The molecule has 1 aromatic carbocycles. The van der Waals surface area contributed by atoms with E-state index < -0.39 is 17.6 Å². The van der Waals surface area contributed by atoms with Crippen molar-refractivity contribution in [1.82, 2.24) is 5.32 Å². The van der Waals surface area contributed by atoms with E-state index in [4.69, 9.17) is 10.00 Å². The molecule has 0 fully saturated rings. The fourth-order valence-electron chi connectivity index (χ4n) is 1.67. The average molecular weight is 327 g/mol. The van der Waals surface area contributed by atoms with E-state index in [1.165, 1.54) is 25.3 Å². The Morgan fingerprint density at radius 2 is 2.09 bits per heavy atom. The van der Waals surface area contributed by atoms with Gasteiger partial charge in [-0.05, 0) is 18.6 Å². The first-order valence-corrected chi connectivity index (χ1v) is 6.70. The number of amides is 1. The van der Waals surface area contributed by atoms with Crippen molar-refractivity contribution in [3.63, 3.8) is 0 Å². The summed E-state index contributed by atoms with van der Waals surface area (Å²) in [5.41, 5.74) is -1.44. The maximum absolute atomic E-state index is 12.8. The molecule has 124 valence electrons. The first-order chi connectivity index (χ1) is 10.9. The Kier molecular flexibility index (Phi) is 7.09. The van der Waals surface area contributed by atoms with Gasteiger partial charge in [0.05, 0.1) is 11.3 Å². The number of methoxy groups -OCH3 is 1. The Morgan fingerprint density at radius 3 is 2.70 bits per heavy atom. The maximum Gasteiger partial charge on any atom is 0.418 e. The van der Waals surface area contributed by atoms with Gasteiger partial charge in [-0.1, -0.05) is 12.1 Å². The number of nitrogens with one attached hydrogen (secondary N) is 2. The van der Waals surface area contributed by atoms with Gasteiger partial charge in [0.1, 0.15) is 11.6 Å². The number of carbonyl (C=O) groups excluding carboxylic acids is 1. The van der Waals surface area contributed by atoms with Crippen LogP contribution < -0.4 is 10.6 Å². The molecule has 1 aromatic rings. The van der Waals surface area contributed by atoms with Crippen LogP contribution in [0, 0.1) is 11.3 Å². The summed E-state index contributed by atoms with van der Waals surface area (Å²) in [5, 5.41) is 13.8. The van der Waals surface area contributed by atoms with Gasteiger partial charge in [-0.15, -0.1) is 0 Å². The highest BCUT2D eigenvalue weighted by molar-refractivity contribution is 5.97. The molecule has 23 heavy (non-hydrogen) atoms. The number of ether oxygens (including phenoxy) is 1. The lowest BCUT2D eigenvalue weighted by Crippen LogP contribution is -2.26. The molecule has 0 bridgehead atoms. The van der Waals surface area contributed by atoms with Crippen molar-refractivity contribution in [3.05, 3.63) is 41.6 Å². The minimum absolute atomic E-state index is 0.236. The average Bonchev–Trinajstić information content (AvgIpc) is 2.51. The van der Waals surface area contributed by atoms with Crippen LogP contribution in [-0.2, 0) is 15.7 Å². The van der Waals surface area contributed by atoms with Gasteiger partial charge in [0.15, 0.2) is 0 Å². The molecule has 0 aliphatic carbocycles. The van der Waals surface area contributed by atoms with Crippen molar-refractivity contribution in [3.8, 4) is 6.07 Å². The molecular weight excluding hydrogens is 311 g/mol. The number of rotatable bonds is 7. The van der Waals surface area contributed by atoms with Crippen LogP contribution in [0.3, 0.4) is 0 Å². The van der Waals surface area contributed by atoms with Crippen LogP contribution in [0.1, 0.15) is 12.0 Å². The summed E-state index contributed by atoms with van der Waals surface area (Å²) in [5.74, 6) is -0.666. The predicted octanol–water partition coefficient (Wildman–Crippen LogP) is 2.68. The second-order valence-corrected chi connectivity index (χ2v) is 4.46. The third-order valence-electron chi connectivity index (χ3n) is 2.78. The lowest BCUT2D eigenvalue weighted by atomic mass is 10.1. The summed E-state index contributed by atoms with van der Waals surface area (Å²) < 4.78 is 43.3. The SMILES string of the molecule is COCCCNC(=O)/C(C#N)=C\Nc1ccccc1C(F)(F)F. The summed E-state index contributed by atoms with van der Waals surface area (Å²) in [4.78, 5) is 11.7. The first kappa shape index (κ1) is 18.5. The highest BCUT2D eigenvalue weighted by atomic mass is 19.4. The van der Waals surface area contributed by atoms with Gasteiger partial charge in [0, 0.05) is 26.5 Å². The summed E-state index contributed by atoms with van der Waals surface area (Å²) in [6.07, 6.45) is -3.02. The third-order valence-corrected chi connectivity index (χ3v) is 2.78.